The van der Waals surface area contributed by atoms with E-state index in [0.29, 0.717) is 28.6 Å². The Morgan fingerprint density at radius 1 is 1.06 bits per heavy atom. The van der Waals surface area contributed by atoms with Gasteiger partial charge in [-0.25, -0.2) is 14.4 Å². The zero-order chi connectivity index (χ0) is 23.7. The average Bonchev–Trinajstić information content (AvgIpc) is 3.31. The van der Waals surface area contributed by atoms with Gasteiger partial charge in [-0.2, -0.15) is 9.78 Å². The Morgan fingerprint density at radius 2 is 1.82 bits per heavy atom. The SMILES string of the molecule is Cc1cc(=O)n(-c2ccc(F)cc2)nc1C(=O)Nc1ccc(Oc2ncnc3ccsc23)cc1. The number of fused-ring (bicyclic) bond motifs is 1. The molecule has 0 aliphatic carbocycles. The number of nitrogens with one attached hydrogen (secondary N) is 1. The lowest BCUT2D eigenvalue weighted by Crippen LogP contribution is -2.26. The van der Waals surface area contributed by atoms with Crippen molar-refractivity contribution in [3.05, 3.63) is 99.8 Å². The summed E-state index contributed by atoms with van der Waals surface area (Å²) in [7, 11) is 0. The van der Waals surface area contributed by atoms with Crippen molar-refractivity contribution >= 4 is 33.1 Å². The molecule has 0 atom stereocenters. The maximum absolute atomic E-state index is 13.2. The van der Waals surface area contributed by atoms with Gasteiger partial charge in [-0.05, 0) is 72.5 Å². The summed E-state index contributed by atoms with van der Waals surface area (Å²) < 4.78 is 21.0. The molecule has 0 unspecified atom stereocenters. The quantitative estimate of drug-likeness (QED) is 0.396. The molecule has 0 bridgehead atoms. The molecule has 1 N–H and O–H groups in total. The van der Waals surface area contributed by atoms with Gasteiger partial charge in [0, 0.05) is 11.8 Å². The zero-order valence-corrected chi connectivity index (χ0v) is 18.5. The van der Waals surface area contributed by atoms with E-state index in [-0.39, 0.29) is 5.69 Å². The van der Waals surface area contributed by atoms with Gasteiger partial charge < -0.3 is 10.1 Å². The van der Waals surface area contributed by atoms with Crippen molar-refractivity contribution in [1.82, 2.24) is 19.7 Å². The summed E-state index contributed by atoms with van der Waals surface area (Å²) in [4.78, 5) is 33.6. The van der Waals surface area contributed by atoms with Gasteiger partial charge in [0.05, 0.1) is 11.2 Å². The number of anilines is 1. The number of hydrogen-bond donors (Lipinski definition) is 1. The third kappa shape index (κ3) is 4.26. The van der Waals surface area contributed by atoms with Crippen LogP contribution in [0.3, 0.4) is 0 Å². The Kier molecular flexibility index (Phi) is 5.56. The van der Waals surface area contributed by atoms with E-state index in [1.807, 2.05) is 11.4 Å². The molecular formula is C24H16FN5O3S. The number of amides is 1. The second-order valence-electron chi connectivity index (χ2n) is 7.30. The molecule has 0 spiro atoms. The Bertz CT molecular complexity index is 1560. The van der Waals surface area contributed by atoms with Crippen LogP contribution >= 0.6 is 11.3 Å². The number of rotatable bonds is 5. The molecule has 0 fully saturated rings. The minimum absolute atomic E-state index is 0.0744. The summed E-state index contributed by atoms with van der Waals surface area (Å²) in [6.07, 6.45) is 1.44. The second-order valence-corrected chi connectivity index (χ2v) is 8.21. The van der Waals surface area contributed by atoms with Gasteiger partial charge in [0.25, 0.3) is 11.5 Å². The van der Waals surface area contributed by atoms with Crippen LogP contribution < -0.4 is 15.6 Å². The average molecular weight is 473 g/mol. The molecule has 0 aliphatic heterocycles. The molecule has 0 aliphatic rings. The topological polar surface area (TPSA) is 99.0 Å². The number of aryl methyl sites for hydroxylation is 1. The van der Waals surface area contributed by atoms with E-state index in [1.54, 1.807) is 31.2 Å². The molecule has 2 aromatic carbocycles. The van der Waals surface area contributed by atoms with Crippen LogP contribution in [0.4, 0.5) is 10.1 Å². The molecule has 3 heterocycles. The number of thiophene rings is 1. The molecule has 1 amide bonds. The number of nitrogens with zero attached hydrogens (tertiary/aromatic N) is 4. The molecule has 34 heavy (non-hydrogen) atoms. The first-order chi connectivity index (χ1) is 16.5. The van der Waals surface area contributed by atoms with Gasteiger partial charge in [0.2, 0.25) is 5.88 Å². The van der Waals surface area contributed by atoms with Gasteiger partial charge >= 0.3 is 0 Å². The highest BCUT2D eigenvalue weighted by molar-refractivity contribution is 7.17. The molecule has 0 saturated heterocycles. The number of ether oxygens (including phenoxy) is 1. The number of benzene rings is 2. The van der Waals surface area contributed by atoms with E-state index in [4.69, 9.17) is 4.74 Å². The maximum atomic E-state index is 13.2. The van der Waals surface area contributed by atoms with Crippen molar-refractivity contribution in [2.75, 3.05) is 5.32 Å². The molecule has 5 aromatic rings. The highest BCUT2D eigenvalue weighted by Crippen LogP contribution is 2.30. The highest BCUT2D eigenvalue weighted by Gasteiger charge is 2.15. The summed E-state index contributed by atoms with van der Waals surface area (Å²) in [5.41, 5.74) is 1.75. The fourth-order valence-electron chi connectivity index (χ4n) is 3.28. The molecule has 3 aromatic heterocycles. The predicted molar refractivity (Wildman–Crippen MR) is 126 cm³/mol. The Morgan fingerprint density at radius 3 is 2.59 bits per heavy atom. The smallest absolute Gasteiger partial charge is 0.276 e. The first-order valence-electron chi connectivity index (χ1n) is 10.1. The molecule has 5 rings (SSSR count). The minimum Gasteiger partial charge on any atom is -0.437 e. The predicted octanol–water partition coefficient (Wildman–Crippen LogP) is 4.73. The Labute approximate surface area is 196 Å². The van der Waals surface area contributed by atoms with Crippen molar-refractivity contribution in [3.63, 3.8) is 0 Å². The van der Waals surface area contributed by atoms with Gasteiger partial charge in [0.1, 0.15) is 22.6 Å². The lowest BCUT2D eigenvalue weighted by molar-refractivity contribution is 0.102. The second kappa shape index (κ2) is 8.83. The van der Waals surface area contributed by atoms with Gasteiger partial charge in [-0.1, -0.05) is 0 Å². The van der Waals surface area contributed by atoms with Crippen LogP contribution in [0.15, 0.2) is 77.2 Å². The van der Waals surface area contributed by atoms with Crippen LogP contribution in [0.5, 0.6) is 11.6 Å². The van der Waals surface area contributed by atoms with E-state index in [1.165, 1.54) is 48.0 Å². The van der Waals surface area contributed by atoms with Crippen LogP contribution in [-0.2, 0) is 0 Å². The monoisotopic (exact) mass is 473 g/mol. The summed E-state index contributed by atoms with van der Waals surface area (Å²) in [6.45, 7) is 1.63. The van der Waals surface area contributed by atoms with Gasteiger partial charge in [0.15, 0.2) is 5.69 Å². The van der Waals surface area contributed by atoms with Gasteiger partial charge in [-0.3, -0.25) is 9.59 Å². The fourth-order valence-corrected chi connectivity index (χ4v) is 4.05. The van der Waals surface area contributed by atoms with E-state index >= 15 is 0 Å². The van der Waals surface area contributed by atoms with Crippen LogP contribution in [-0.4, -0.2) is 25.7 Å². The molecule has 0 radical (unpaired) electrons. The standard InChI is InChI=1S/C24H16FN5O3S/c1-14-12-20(31)30(17-6-2-15(25)3-7-17)29-21(14)23(32)28-16-4-8-18(9-5-16)33-24-22-19(10-11-34-22)26-13-27-24/h2-13H,1H3,(H,28,32). The Hall–Kier alpha value is -4.44. The summed E-state index contributed by atoms with van der Waals surface area (Å²) in [6, 6.07) is 15.3. The fraction of sp³-hybridized carbons (Fsp3) is 0.0417. The van der Waals surface area contributed by atoms with Crippen molar-refractivity contribution < 1.29 is 13.9 Å². The molecular weight excluding hydrogens is 457 g/mol. The number of halogens is 1. The number of carbonyl (C=O) groups is 1. The molecule has 8 nitrogen and oxygen atoms in total. The molecule has 0 saturated carbocycles. The lowest BCUT2D eigenvalue weighted by Gasteiger charge is -2.11. The van der Waals surface area contributed by atoms with Crippen molar-refractivity contribution in [3.8, 4) is 17.3 Å². The number of hydrogen-bond acceptors (Lipinski definition) is 7. The number of aromatic nitrogens is 4. The first kappa shape index (κ1) is 21.4. The largest absolute Gasteiger partial charge is 0.437 e. The third-order valence-corrected chi connectivity index (χ3v) is 5.84. The van der Waals surface area contributed by atoms with Crippen LogP contribution in [0.2, 0.25) is 0 Å². The zero-order valence-electron chi connectivity index (χ0n) is 17.7. The van der Waals surface area contributed by atoms with Gasteiger partial charge in [-0.15, -0.1) is 11.3 Å². The van der Waals surface area contributed by atoms with E-state index < -0.39 is 17.3 Å². The van der Waals surface area contributed by atoms with E-state index in [2.05, 4.69) is 20.4 Å². The van der Waals surface area contributed by atoms with Crippen molar-refractivity contribution in [2.24, 2.45) is 0 Å². The number of carbonyl (C=O) groups excluding carboxylic acids is 1. The van der Waals surface area contributed by atoms with Crippen LogP contribution in [0, 0.1) is 12.7 Å². The first-order valence-corrected chi connectivity index (χ1v) is 11.0. The lowest BCUT2D eigenvalue weighted by atomic mass is 10.2. The summed E-state index contributed by atoms with van der Waals surface area (Å²) in [5, 5.41) is 8.88. The molecule has 168 valence electrons. The summed E-state index contributed by atoms with van der Waals surface area (Å²) >= 11 is 1.49. The van der Waals surface area contributed by atoms with E-state index in [9.17, 15) is 14.0 Å². The normalized spacial score (nSPS) is 10.9. The third-order valence-electron chi connectivity index (χ3n) is 4.95. The van der Waals surface area contributed by atoms with Crippen LogP contribution in [0.25, 0.3) is 15.9 Å². The van der Waals surface area contributed by atoms with Crippen molar-refractivity contribution in [1.29, 1.82) is 0 Å². The van der Waals surface area contributed by atoms with E-state index in [0.717, 1.165) is 14.9 Å². The van der Waals surface area contributed by atoms with Crippen LogP contribution in [0.1, 0.15) is 16.1 Å². The highest BCUT2D eigenvalue weighted by atomic mass is 32.1. The Balaban J connectivity index is 1.35. The minimum atomic E-state index is -0.488. The van der Waals surface area contributed by atoms with Crippen molar-refractivity contribution in [2.45, 2.75) is 6.92 Å². The molecule has 10 heteroatoms. The summed E-state index contributed by atoms with van der Waals surface area (Å²) in [5.74, 6) is 0.0807. The maximum Gasteiger partial charge on any atom is 0.276 e.